The first-order valence-electron chi connectivity index (χ1n) is 5.86. The fraction of sp³-hybridized carbons (Fsp3) is 0.154. The summed E-state index contributed by atoms with van der Waals surface area (Å²) in [6, 6.07) is 8.91. The summed E-state index contributed by atoms with van der Waals surface area (Å²) in [4.78, 5) is 28.7. The molecular formula is C13H12N4O2. The first kappa shape index (κ1) is 11.5. The Morgan fingerprint density at radius 1 is 1.32 bits per heavy atom. The second-order valence-corrected chi connectivity index (χ2v) is 4.43. The number of carbonyl (C=O) groups excluding carboxylic acids is 2. The van der Waals surface area contributed by atoms with Crippen LogP contribution in [-0.2, 0) is 11.3 Å². The molecule has 1 aromatic heterocycles. The van der Waals surface area contributed by atoms with Crippen LogP contribution in [0.1, 0.15) is 5.56 Å². The molecule has 0 saturated carbocycles. The SMILES string of the molecule is NC(=O)N1CC(=O)Nc2nc3ccccc3cc2C1. The van der Waals surface area contributed by atoms with Crippen molar-refractivity contribution in [3.63, 3.8) is 0 Å². The average Bonchev–Trinajstić information content (AvgIpc) is 2.53. The maximum atomic E-state index is 11.7. The number of carbonyl (C=O) groups is 2. The Labute approximate surface area is 109 Å². The van der Waals surface area contributed by atoms with E-state index in [1.165, 1.54) is 4.90 Å². The highest BCUT2D eigenvalue weighted by molar-refractivity contribution is 5.96. The number of hydrogen-bond donors (Lipinski definition) is 2. The van der Waals surface area contributed by atoms with Crippen molar-refractivity contribution in [3.8, 4) is 0 Å². The number of para-hydroxylation sites is 1. The first-order valence-corrected chi connectivity index (χ1v) is 5.86. The van der Waals surface area contributed by atoms with Gasteiger partial charge in [-0.05, 0) is 12.1 Å². The molecule has 0 bridgehead atoms. The summed E-state index contributed by atoms with van der Waals surface area (Å²) in [5.41, 5.74) is 6.84. The maximum absolute atomic E-state index is 11.7. The van der Waals surface area contributed by atoms with Crippen LogP contribution in [0.5, 0.6) is 0 Å². The Morgan fingerprint density at radius 3 is 2.89 bits per heavy atom. The Kier molecular flexibility index (Phi) is 2.56. The van der Waals surface area contributed by atoms with Gasteiger partial charge in [-0.2, -0.15) is 0 Å². The zero-order valence-corrected chi connectivity index (χ0v) is 10.1. The second kappa shape index (κ2) is 4.24. The van der Waals surface area contributed by atoms with Gasteiger partial charge in [0.2, 0.25) is 5.91 Å². The monoisotopic (exact) mass is 256 g/mol. The highest BCUT2D eigenvalue weighted by Crippen LogP contribution is 2.23. The van der Waals surface area contributed by atoms with Crippen molar-refractivity contribution in [1.82, 2.24) is 9.88 Å². The lowest BCUT2D eigenvalue weighted by Gasteiger charge is -2.16. The van der Waals surface area contributed by atoms with Crippen molar-refractivity contribution in [3.05, 3.63) is 35.9 Å². The number of hydrogen-bond acceptors (Lipinski definition) is 3. The molecular weight excluding hydrogens is 244 g/mol. The summed E-state index contributed by atoms with van der Waals surface area (Å²) >= 11 is 0. The van der Waals surface area contributed by atoms with Gasteiger partial charge in [0.25, 0.3) is 0 Å². The first-order chi connectivity index (χ1) is 9.13. The van der Waals surface area contributed by atoms with E-state index >= 15 is 0 Å². The standard InChI is InChI=1S/C13H12N4O2/c14-13(19)17-6-9-5-8-3-1-2-4-10(8)15-12(9)16-11(18)7-17/h1-5H,6-7H2,(H2,14,19)(H,15,16,18). The molecule has 3 rings (SSSR count). The molecule has 0 fully saturated rings. The Bertz CT molecular complexity index is 683. The second-order valence-electron chi connectivity index (χ2n) is 4.43. The van der Waals surface area contributed by atoms with E-state index in [9.17, 15) is 9.59 Å². The van der Waals surface area contributed by atoms with Crippen LogP contribution >= 0.6 is 0 Å². The predicted molar refractivity (Wildman–Crippen MR) is 70.4 cm³/mol. The molecule has 0 atom stereocenters. The smallest absolute Gasteiger partial charge is 0.315 e. The quantitative estimate of drug-likeness (QED) is 0.738. The molecule has 3 amide bonds. The van der Waals surface area contributed by atoms with Crippen molar-refractivity contribution in [1.29, 1.82) is 0 Å². The molecule has 2 heterocycles. The molecule has 96 valence electrons. The summed E-state index contributed by atoms with van der Waals surface area (Å²) in [5, 5.41) is 3.66. The summed E-state index contributed by atoms with van der Waals surface area (Å²) in [6.45, 7) is 0.225. The summed E-state index contributed by atoms with van der Waals surface area (Å²) in [6.07, 6.45) is 0. The van der Waals surface area contributed by atoms with E-state index in [0.29, 0.717) is 5.82 Å². The molecule has 2 aromatic rings. The van der Waals surface area contributed by atoms with Gasteiger partial charge in [0.1, 0.15) is 12.4 Å². The maximum Gasteiger partial charge on any atom is 0.315 e. The third kappa shape index (κ3) is 2.08. The number of nitrogens with zero attached hydrogens (tertiary/aromatic N) is 2. The summed E-state index contributed by atoms with van der Waals surface area (Å²) < 4.78 is 0. The van der Waals surface area contributed by atoms with E-state index < -0.39 is 6.03 Å². The fourth-order valence-electron chi connectivity index (χ4n) is 2.15. The molecule has 6 heteroatoms. The Morgan fingerprint density at radius 2 is 2.11 bits per heavy atom. The van der Waals surface area contributed by atoms with Gasteiger partial charge in [-0.1, -0.05) is 18.2 Å². The molecule has 0 saturated heterocycles. The lowest BCUT2D eigenvalue weighted by Crippen LogP contribution is -2.38. The van der Waals surface area contributed by atoms with Gasteiger partial charge in [-0.25, -0.2) is 9.78 Å². The largest absolute Gasteiger partial charge is 0.351 e. The lowest BCUT2D eigenvalue weighted by atomic mass is 10.1. The van der Waals surface area contributed by atoms with Gasteiger partial charge in [-0.15, -0.1) is 0 Å². The highest BCUT2D eigenvalue weighted by Gasteiger charge is 2.22. The number of aromatic nitrogens is 1. The number of rotatable bonds is 0. The molecule has 0 spiro atoms. The van der Waals surface area contributed by atoms with Crippen molar-refractivity contribution < 1.29 is 9.59 Å². The molecule has 19 heavy (non-hydrogen) atoms. The van der Waals surface area contributed by atoms with Crippen LogP contribution in [0, 0.1) is 0 Å². The van der Waals surface area contributed by atoms with Gasteiger partial charge < -0.3 is 16.0 Å². The number of nitrogens with two attached hydrogens (primary N) is 1. The van der Waals surface area contributed by atoms with E-state index in [2.05, 4.69) is 10.3 Å². The number of nitrogens with one attached hydrogen (secondary N) is 1. The van der Waals surface area contributed by atoms with Crippen LogP contribution in [0.15, 0.2) is 30.3 Å². The fourth-order valence-corrected chi connectivity index (χ4v) is 2.15. The average molecular weight is 256 g/mol. The minimum Gasteiger partial charge on any atom is -0.351 e. The van der Waals surface area contributed by atoms with Crippen molar-refractivity contribution in [2.45, 2.75) is 6.54 Å². The predicted octanol–water partition coefficient (Wildman–Crippen LogP) is 1.07. The van der Waals surface area contributed by atoms with E-state index in [1.807, 2.05) is 30.3 Å². The number of fused-ring (bicyclic) bond motifs is 2. The molecule has 3 N–H and O–H groups in total. The molecule has 6 nitrogen and oxygen atoms in total. The molecule has 1 aromatic carbocycles. The van der Waals surface area contributed by atoms with Crippen molar-refractivity contribution in [2.75, 3.05) is 11.9 Å². The van der Waals surface area contributed by atoms with E-state index in [4.69, 9.17) is 5.73 Å². The van der Waals surface area contributed by atoms with Crippen molar-refractivity contribution >= 4 is 28.7 Å². The minimum absolute atomic E-state index is 0.0535. The highest BCUT2D eigenvalue weighted by atomic mass is 16.2. The van der Waals surface area contributed by atoms with Crippen molar-refractivity contribution in [2.24, 2.45) is 5.73 Å². The summed E-state index contributed by atoms with van der Waals surface area (Å²) in [5.74, 6) is 0.202. The van der Waals surface area contributed by atoms with Crippen LogP contribution in [0.4, 0.5) is 10.6 Å². The van der Waals surface area contributed by atoms with Crippen LogP contribution < -0.4 is 11.1 Å². The zero-order valence-electron chi connectivity index (χ0n) is 10.1. The molecule has 0 aliphatic carbocycles. The van der Waals surface area contributed by atoms with Crippen LogP contribution in [0.2, 0.25) is 0 Å². The third-order valence-electron chi connectivity index (χ3n) is 3.07. The lowest BCUT2D eigenvalue weighted by molar-refractivity contribution is -0.116. The third-order valence-corrected chi connectivity index (χ3v) is 3.07. The Balaban J connectivity index is 2.13. The molecule has 1 aliphatic rings. The van der Waals surface area contributed by atoms with E-state index in [-0.39, 0.29) is 19.0 Å². The number of benzene rings is 1. The number of urea groups is 1. The van der Waals surface area contributed by atoms with Crippen LogP contribution in [-0.4, -0.2) is 28.4 Å². The summed E-state index contributed by atoms with van der Waals surface area (Å²) in [7, 11) is 0. The zero-order chi connectivity index (χ0) is 13.4. The van der Waals surface area contributed by atoms with Gasteiger partial charge in [0, 0.05) is 10.9 Å². The number of amides is 3. The van der Waals surface area contributed by atoms with Gasteiger partial charge in [0.15, 0.2) is 0 Å². The number of primary amides is 1. The molecule has 0 unspecified atom stereocenters. The number of pyridine rings is 1. The van der Waals surface area contributed by atoms with E-state index in [1.54, 1.807) is 0 Å². The van der Waals surface area contributed by atoms with Gasteiger partial charge in [-0.3, -0.25) is 4.79 Å². The van der Waals surface area contributed by atoms with Crippen LogP contribution in [0.25, 0.3) is 10.9 Å². The minimum atomic E-state index is -0.615. The van der Waals surface area contributed by atoms with Crippen LogP contribution in [0.3, 0.4) is 0 Å². The normalized spacial score (nSPS) is 14.7. The van der Waals surface area contributed by atoms with E-state index in [0.717, 1.165) is 16.5 Å². The number of anilines is 1. The molecule has 0 radical (unpaired) electrons. The Hall–Kier alpha value is -2.63. The van der Waals surface area contributed by atoms with Gasteiger partial charge >= 0.3 is 6.03 Å². The van der Waals surface area contributed by atoms with Gasteiger partial charge in [0.05, 0.1) is 12.1 Å². The molecule has 1 aliphatic heterocycles. The topological polar surface area (TPSA) is 88.3 Å².